The number of hydrogen-bond acceptors (Lipinski definition) is 7. The van der Waals surface area contributed by atoms with Gasteiger partial charge in [-0.1, -0.05) is 12.1 Å². The summed E-state index contributed by atoms with van der Waals surface area (Å²) >= 11 is 3.42. The van der Waals surface area contributed by atoms with Gasteiger partial charge in [-0.25, -0.2) is 9.78 Å². The summed E-state index contributed by atoms with van der Waals surface area (Å²) in [7, 11) is 0. The highest BCUT2D eigenvalue weighted by Gasteiger charge is 2.13. The summed E-state index contributed by atoms with van der Waals surface area (Å²) in [6.45, 7) is 0.206. The number of carboxylic acids is 1. The Kier molecular flexibility index (Phi) is 6.71. The van der Waals surface area contributed by atoms with E-state index in [0.717, 1.165) is 5.56 Å². The lowest BCUT2D eigenvalue weighted by molar-refractivity contribution is -0.384. The molecule has 2 N–H and O–H groups in total. The van der Waals surface area contributed by atoms with Crippen molar-refractivity contribution in [1.29, 1.82) is 0 Å². The number of aromatic nitrogens is 1. The lowest BCUT2D eigenvalue weighted by Crippen LogP contribution is -2.01. The molecule has 9 nitrogen and oxygen atoms in total. The lowest BCUT2D eigenvalue weighted by Gasteiger charge is -2.09. The second-order valence-electron chi connectivity index (χ2n) is 5.98. The third-order valence-corrected chi connectivity index (χ3v) is 4.51. The Bertz CT molecular complexity index is 1120. The van der Waals surface area contributed by atoms with Crippen LogP contribution in [0.3, 0.4) is 0 Å². The fourth-order valence-corrected chi connectivity index (χ4v) is 2.98. The van der Waals surface area contributed by atoms with Crippen LogP contribution in [0.2, 0.25) is 0 Å². The second kappa shape index (κ2) is 9.61. The van der Waals surface area contributed by atoms with Crippen molar-refractivity contribution in [3.63, 3.8) is 0 Å². The number of pyridine rings is 1. The van der Waals surface area contributed by atoms with Crippen LogP contribution in [0.5, 0.6) is 5.75 Å². The summed E-state index contributed by atoms with van der Waals surface area (Å²) in [6, 6.07) is 14.6. The lowest BCUT2D eigenvalue weighted by atomic mass is 10.1. The highest BCUT2D eigenvalue weighted by atomic mass is 79.9. The van der Waals surface area contributed by atoms with Crippen molar-refractivity contribution in [3.8, 4) is 5.75 Å². The van der Waals surface area contributed by atoms with E-state index in [2.05, 4.69) is 31.4 Å². The van der Waals surface area contributed by atoms with Gasteiger partial charge in [0.15, 0.2) is 0 Å². The van der Waals surface area contributed by atoms with Gasteiger partial charge < -0.3 is 9.84 Å². The predicted octanol–water partition coefficient (Wildman–Crippen LogP) is 4.48. The number of nitro groups is 1. The van der Waals surface area contributed by atoms with Gasteiger partial charge in [-0.3, -0.25) is 15.5 Å². The molecule has 0 fully saturated rings. The number of anilines is 1. The van der Waals surface area contributed by atoms with Crippen LogP contribution in [-0.2, 0) is 6.61 Å². The Balaban J connectivity index is 1.64. The molecule has 0 amide bonds. The molecular formula is C20H15BrN4O5. The molecule has 0 aliphatic carbocycles. The molecule has 2 aromatic carbocycles. The van der Waals surface area contributed by atoms with Gasteiger partial charge in [0.05, 0.1) is 21.2 Å². The molecule has 0 spiro atoms. The van der Waals surface area contributed by atoms with E-state index in [1.807, 2.05) is 0 Å². The van der Waals surface area contributed by atoms with Crippen molar-refractivity contribution in [2.24, 2.45) is 5.10 Å². The molecule has 0 aliphatic rings. The summed E-state index contributed by atoms with van der Waals surface area (Å²) in [5, 5.41) is 24.0. The normalized spacial score (nSPS) is 10.7. The smallest absolute Gasteiger partial charge is 0.335 e. The van der Waals surface area contributed by atoms with Gasteiger partial charge in [-0.05, 0) is 63.5 Å². The first-order valence-corrected chi connectivity index (χ1v) is 9.36. The Hall–Kier alpha value is -3.79. The quantitative estimate of drug-likeness (QED) is 0.282. The molecule has 1 heterocycles. The first kappa shape index (κ1) is 20.9. The Morgan fingerprint density at radius 2 is 2.10 bits per heavy atom. The van der Waals surface area contributed by atoms with Crippen molar-refractivity contribution in [3.05, 3.63) is 92.1 Å². The topological polar surface area (TPSA) is 127 Å². The summed E-state index contributed by atoms with van der Waals surface area (Å²) in [6.07, 6.45) is 2.92. The van der Waals surface area contributed by atoms with Crippen LogP contribution in [0.1, 0.15) is 21.5 Å². The van der Waals surface area contributed by atoms with Crippen molar-refractivity contribution >= 4 is 39.6 Å². The van der Waals surface area contributed by atoms with E-state index in [0.29, 0.717) is 15.8 Å². The van der Waals surface area contributed by atoms with Crippen LogP contribution in [0, 0.1) is 10.1 Å². The highest BCUT2D eigenvalue weighted by molar-refractivity contribution is 9.10. The third-order valence-electron chi connectivity index (χ3n) is 3.89. The molecule has 10 heteroatoms. The molecule has 0 aliphatic heterocycles. The molecule has 30 heavy (non-hydrogen) atoms. The maximum absolute atomic E-state index is 11.0. The molecule has 0 bridgehead atoms. The van der Waals surface area contributed by atoms with Gasteiger partial charge >= 0.3 is 11.7 Å². The first-order valence-electron chi connectivity index (χ1n) is 8.57. The molecule has 0 unspecified atom stereocenters. The van der Waals surface area contributed by atoms with E-state index in [-0.39, 0.29) is 23.7 Å². The summed E-state index contributed by atoms with van der Waals surface area (Å²) in [4.78, 5) is 25.4. The standard InChI is InChI=1S/C20H15BrN4O5/c21-16-10-13(11-23-24-19-17(25(28)29)5-2-8-22-19)6-7-18(16)30-12-14-3-1-4-15(9-14)20(26)27/h1-11H,12H2,(H,22,24)(H,26,27). The van der Waals surface area contributed by atoms with E-state index in [9.17, 15) is 14.9 Å². The van der Waals surface area contributed by atoms with Crippen LogP contribution >= 0.6 is 15.9 Å². The second-order valence-corrected chi connectivity index (χ2v) is 6.84. The number of hydrazone groups is 1. The molecule has 3 aromatic rings. The van der Waals surface area contributed by atoms with Crippen molar-refractivity contribution in [2.75, 3.05) is 5.43 Å². The largest absolute Gasteiger partial charge is 0.488 e. The Morgan fingerprint density at radius 3 is 2.83 bits per heavy atom. The van der Waals surface area contributed by atoms with Crippen LogP contribution in [-0.4, -0.2) is 27.2 Å². The number of benzene rings is 2. The molecule has 0 saturated carbocycles. The molecule has 1 aromatic heterocycles. The monoisotopic (exact) mass is 470 g/mol. The zero-order valence-corrected chi connectivity index (χ0v) is 16.9. The van der Waals surface area contributed by atoms with E-state index >= 15 is 0 Å². The van der Waals surface area contributed by atoms with Gasteiger partial charge in [-0.15, -0.1) is 0 Å². The van der Waals surface area contributed by atoms with Gasteiger partial charge in [0.25, 0.3) is 0 Å². The van der Waals surface area contributed by atoms with Crippen molar-refractivity contribution in [1.82, 2.24) is 4.98 Å². The average molecular weight is 471 g/mol. The molecule has 3 rings (SSSR count). The third kappa shape index (κ3) is 5.39. The maximum Gasteiger partial charge on any atom is 0.335 e. The van der Waals surface area contributed by atoms with E-state index in [1.54, 1.807) is 36.4 Å². The fraction of sp³-hybridized carbons (Fsp3) is 0.0500. The van der Waals surface area contributed by atoms with Gasteiger partial charge in [-0.2, -0.15) is 5.10 Å². The summed E-state index contributed by atoms with van der Waals surface area (Å²) in [5.74, 6) is -0.381. The zero-order valence-electron chi connectivity index (χ0n) is 15.4. The maximum atomic E-state index is 11.0. The molecule has 0 radical (unpaired) electrons. The fourth-order valence-electron chi connectivity index (χ4n) is 2.47. The number of carboxylic acid groups (broad SMARTS) is 1. The number of nitrogens with one attached hydrogen (secondary N) is 1. The van der Waals surface area contributed by atoms with Crippen molar-refractivity contribution < 1.29 is 19.6 Å². The van der Waals surface area contributed by atoms with Crippen LogP contribution in [0.25, 0.3) is 0 Å². The molecular weight excluding hydrogens is 456 g/mol. The predicted molar refractivity (Wildman–Crippen MR) is 114 cm³/mol. The van der Waals surface area contributed by atoms with Crippen LogP contribution < -0.4 is 10.2 Å². The average Bonchev–Trinajstić information content (AvgIpc) is 2.73. The number of ether oxygens (including phenoxy) is 1. The van der Waals surface area contributed by atoms with Gasteiger partial charge in [0, 0.05) is 12.3 Å². The number of nitrogens with zero attached hydrogens (tertiary/aromatic N) is 3. The van der Waals surface area contributed by atoms with Gasteiger partial charge in [0.1, 0.15) is 12.4 Å². The Morgan fingerprint density at radius 1 is 1.27 bits per heavy atom. The SMILES string of the molecule is O=C(O)c1cccc(COc2ccc(C=NNc3ncccc3[N+](=O)[O-])cc2Br)c1. The highest BCUT2D eigenvalue weighted by Crippen LogP contribution is 2.26. The van der Waals surface area contributed by atoms with Crippen LogP contribution in [0.4, 0.5) is 11.5 Å². The summed E-state index contributed by atoms with van der Waals surface area (Å²) in [5.41, 5.74) is 4.03. The van der Waals surface area contributed by atoms with E-state index in [4.69, 9.17) is 9.84 Å². The Labute approximate surface area is 179 Å². The van der Waals surface area contributed by atoms with Crippen molar-refractivity contribution in [2.45, 2.75) is 6.61 Å². The first-order chi connectivity index (χ1) is 14.4. The number of rotatable bonds is 8. The van der Waals surface area contributed by atoms with E-state index in [1.165, 1.54) is 30.6 Å². The zero-order chi connectivity index (χ0) is 21.5. The number of hydrogen-bond donors (Lipinski definition) is 2. The molecule has 0 saturated heterocycles. The van der Waals surface area contributed by atoms with Crippen LogP contribution in [0.15, 0.2) is 70.4 Å². The molecule has 152 valence electrons. The minimum absolute atomic E-state index is 0.0429. The van der Waals surface area contributed by atoms with E-state index < -0.39 is 10.9 Å². The van der Waals surface area contributed by atoms with Gasteiger partial charge in [0.2, 0.25) is 5.82 Å². The number of carbonyl (C=O) groups is 1. The summed E-state index contributed by atoms with van der Waals surface area (Å²) < 4.78 is 6.41. The molecule has 0 atom stereocenters. The minimum atomic E-state index is -0.994. The minimum Gasteiger partial charge on any atom is -0.488 e. The number of halogens is 1. The number of aromatic carboxylic acids is 1.